The molecule has 2 amide bonds. The molecule has 0 spiro atoms. The van der Waals surface area contributed by atoms with Gasteiger partial charge >= 0.3 is 5.97 Å². The average molecular weight is 333 g/mol. The second kappa shape index (κ2) is 5.72. The van der Waals surface area contributed by atoms with Crippen LogP contribution in [0.1, 0.15) is 31.1 Å². The summed E-state index contributed by atoms with van der Waals surface area (Å²) >= 11 is 0. The normalized spacial score (nSPS) is 13.0. The first-order valence-corrected chi connectivity index (χ1v) is 7.45. The van der Waals surface area contributed by atoms with Crippen molar-refractivity contribution >= 4 is 17.8 Å². The second-order valence-corrected chi connectivity index (χ2v) is 5.33. The van der Waals surface area contributed by atoms with Crippen LogP contribution in [0, 0.1) is 0 Å². The Bertz CT molecular complexity index is 943. The fourth-order valence-electron chi connectivity index (χ4n) is 2.56. The summed E-state index contributed by atoms with van der Waals surface area (Å²) in [6, 6.07) is 14.6. The van der Waals surface area contributed by atoms with Crippen molar-refractivity contribution in [1.82, 2.24) is 14.8 Å². The molecule has 122 valence electrons. The van der Waals surface area contributed by atoms with Crippen molar-refractivity contribution in [2.45, 2.75) is 0 Å². The van der Waals surface area contributed by atoms with Crippen molar-refractivity contribution in [3.63, 3.8) is 0 Å². The number of imide groups is 1. The maximum atomic E-state index is 12.2. The second-order valence-electron chi connectivity index (χ2n) is 5.33. The van der Waals surface area contributed by atoms with Crippen LogP contribution in [0.25, 0.3) is 5.69 Å². The molecule has 1 aromatic heterocycles. The third kappa shape index (κ3) is 2.47. The lowest BCUT2D eigenvalue weighted by molar-refractivity contribution is -0.0584. The molecule has 0 bridgehead atoms. The van der Waals surface area contributed by atoms with E-state index in [2.05, 4.69) is 5.10 Å². The van der Waals surface area contributed by atoms with Crippen molar-refractivity contribution in [2.75, 3.05) is 0 Å². The minimum absolute atomic E-state index is 0.215. The zero-order chi connectivity index (χ0) is 17.4. The van der Waals surface area contributed by atoms with E-state index in [9.17, 15) is 14.4 Å². The molecule has 25 heavy (non-hydrogen) atoms. The van der Waals surface area contributed by atoms with Crippen LogP contribution in [-0.4, -0.2) is 32.6 Å². The van der Waals surface area contributed by atoms with E-state index in [0.717, 1.165) is 5.69 Å². The highest BCUT2D eigenvalue weighted by Gasteiger charge is 2.38. The van der Waals surface area contributed by atoms with Gasteiger partial charge in [-0.2, -0.15) is 5.10 Å². The Morgan fingerprint density at radius 3 is 2.08 bits per heavy atom. The first-order chi connectivity index (χ1) is 12.1. The Morgan fingerprint density at radius 2 is 1.52 bits per heavy atom. The van der Waals surface area contributed by atoms with E-state index < -0.39 is 17.8 Å². The number of carbonyl (C=O) groups is 3. The largest absolute Gasteiger partial charge is 0.363 e. The van der Waals surface area contributed by atoms with E-state index in [4.69, 9.17) is 4.84 Å². The number of aromatic nitrogens is 2. The number of benzene rings is 2. The highest BCUT2D eigenvalue weighted by atomic mass is 16.7. The number of hydrogen-bond donors (Lipinski definition) is 0. The lowest BCUT2D eigenvalue weighted by Crippen LogP contribution is -2.32. The molecule has 4 rings (SSSR count). The summed E-state index contributed by atoms with van der Waals surface area (Å²) in [6.45, 7) is 0. The molecule has 0 saturated heterocycles. The quantitative estimate of drug-likeness (QED) is 0.687. The molecule has 1 aliphatic heterocycles. The molecule has 0 fully saturated rings. The molecule has 0 aliphatic carbocycles. The van der Waals surface area contributed by atoms with Crippen LogP contribution < -0.4 is 0 Å². The molecule has 2 heterocycles. The van der Waals surface area contributed by atoms with Crippen molar-refractivity contribution in [1.29, 1.82) is 0 Å². The molecule has 0 saturated carbocycles. The standard InChI is InChI=1S/C18H11N3O4/c22-16-14-4-1-2-5-15(14)17(23)21(16)25-18(24)12-6-8-13(9-7-12)20-11-3-10-19-20/h1-11H. The Morgan fingerprint density at radius 1 is 0.880 bits per heavy atom. The zero-order valence-corrected chi connectivity index (χ0v) is 12.8. The predicted octanol–water partition coefficient (Wildman–Crippen LogP) is 2.24. The monoisotopic (exact) mass is 333 g/mol. The number of amides is 2. The third-order valence-corrected chi connectivity index (χ3v) is 3.80. The van der Waals surface area contributed by atoms with Crippen molar-refractivity contribution < 1.29 is 19.2 Å². The fourth-order valence-corrected chi connectivity index (χ4v) is 2.56. The molecule has 3 aromatic rings. The fraction of sp³-hybridized carbons (Fsp3) is 0. The van der Waals surface area contributed by atoms with Gasteiger partial charge in [-0.3, -0.25) is 9.59 Å². The van der Waals surface area contributed by atoms with Gasteiger partial charge in [0, 0.05) is 12.4 Å². The van der Waals surface area contributed by atoms with Gasteiger partial charge in [0.2, 0.25) is 0 Å². The van der Waals surface area contributed by atoms with Crippen LogP contribution >= 0.6 is 0 Å². The summed E-state index contributed by atoms with van der Waals surface area (Å²) in [5, 5.41) is 4.58. The van der Waals surface area contributed by atoms with Crippen LogP contribution in [0.3, 0.4) is 0 Å². The van der Waals surface area contributed by atoms with Crippen LogP contribution in [0.15, 0.2) is 67.0 Å². The first-order valence-electron chi connectivity index (χ1n) is 7.45. The van der Waals surface area contributed by atoms with Gasteiger partial charge in [-0.25, -0.2) is 9.48 Å². The number of rotatable bonds is 3. The molecule has 0 atom stereocenters. The zero-order valence-electron chi connectivity index (χ0n) is 12.8. The van der Waals surface area contributed by atoms with Gasteiger partial charge in [0.1, 0.15) is 0 Å². The Kier molecular flexibility index (Phi) is 3.39. The summed E-state index contributed by atoms with van der Waals surface area (Å²) in [5.74, 6) is -2.09. The summed E-state index contributed by atoms with van der Waals surface area (Å²) in [4.78, 5) is 41.7. The molecule has 7 nitrogen and oxygen atoms in total. The molecule has 0 radical (unpaired) electrons. The third-order valence-electron chi connectivity index (χ3n) is 3.80. The van der Waals surface area contributed by atoms with Crippen molar-refractivity contribution in [3.05, 3.63) is 83.7 Å². The van der Waals surface area contributed by atoms with Crippen LogP contribution in [0.4, 0.5) is 0 Å². The topological polar surface area (TPSA) is 81.5 Å². The number of nitrogens with zero attached hydrogens (tertiary/aromatic N) is 3. The molecule has 7 heteroatoms. The highest BCUT2D eigenvalue weighted by Crippen LogP contribution is 2.23. The van der Waals surface area contributed by atoms with E-state index in [1.165, 1.54) is 24.3 Å². The van der Waals surface area contributed by atoms with Gasteiger partial charge in [-0.1, -0.05) is 17.2 Å². The Labute approximate surface area is 142 Å². The lowest BCUT2D eigenvalue weighted by atomic mass is 10.1. The average Bonchev–Trinajstić information content (AvgIpc) is 3.26. The van der Waals surface area contributed by atoms with Crippen molar-refractivity contribution in [3.8, 4) is 5.69 Å². The number of fused-ring (bicyclic) bond motifs is 1. The van der Waals surface area contributed by atoms with Gasteiger partial charge in [0.05, 0.1) is 22.4 Å². The summed E-state index contributed by atoms with van der Waals surface area (Å²) in [5.41, 5.74) is 1.42. The van der Waals surface area contributed by atoms with E-state index in [0.29, 0.717) is 5.06 Å². The predicted molar refractivity (Wildman–Crippen MR) is 85.9 cm³/mol. The molecular formula is C18H11N3O4. The number of carbonyl (C=O) groups excluding carboxylic acids is 3. The van der Waals surface area contributed by atoms with Crippen LogP contribution in [0.2, 0.25) is 0 Å². The maximum absolute atomic E-state index is 12.2. The highest BCUT2D eigenvalue weighted by molar-refractivity contribution is 6.21. The van der Waals surface area contributed by atoms with Gasteiger partial charge in [-0.05, 0) is 42.5 Å². The number of hydrogen-bond acceptors (Lipinski definition) is 5. The minimum Gasteiger partial charge on any atom is -0.324 e. The Hall–Kier alpha value is -3.74. The van der Waals surface area contributed by atoms with Crippen molar-refractivity contribution in [2.24, 2.45) is 0 Å². The molecule has 0 N–H and O–H groups in total. The molecule has 2 aromatic carbocycles. The smallest absolute Gasteiger partial charge is 0.324 e. The van der Waals surface area contributed by atoms with E-state index in [-0.39, 0.29) is 16.7 Å². The summed E-state index contributed by atoms with van der Waals surface area (Å²) in [6.07, 6.45) is 3.41. The van der Waals surface area contributed by atoms with E-state index >= 15 is 0 Å². The lowest BCUT2D eigenvalue weighted by Gasteiger charge is -2.12. The summed E-state index contributed by atoms with van der Waals surface area (Å²) < 4.78 is 1.64. The number of hydroxylamine groups is 2. The van der Waals surface area contributed by atoms with Gasteiger partial charge in [-0.15, -0.1) is 0 Å². The van der Waals surface area contributed by atoms with E-state index in [1.807, 2.05) is 0 Å². The molecule has 1 aliphatic rings. The summed E-state index contributed by atoms with van der Waals surface area (Å²) in [7, 11) is 0. The van der Waals surface area contributed by atoms with Gasteiger partial charge in [0.25, 0.3) is 11.8 Å². The van der Waals surface area contributed by atoms with Gasteiger partial charge in [0.15, 0.2) is 0 Å². The first kappa shape index (κ1) is 14.8. The van der Waals surface area contributed by atoms with Gasteiger partial charge < -0.3 is 4.84 Å². The van der Waals surface area contributed by atoms with Crippen LogP contribution in [0.5, 0.6) is 0 Å². The van der Waals surface area contributed by atoms with Crippen LogP contribution in [-0.2, 0) is 4.84 Å². The molecular weight excluding hydrogens is 322 g/mol. The SMILES string of the molecule is O=C(ON1C(=O)c2ccccc2C1=O)c1ccc(-n2cccn2)cc1. The minimum atomic E-state index is -0.790. The molecule has 0 unspecified atom stereocenters. The maximum Gasteiger partial charge on any atom is 0.363 e. The Balaban J connectivity index is 1.53. The van der Waals surface area contributed by atoms with E-state index in [1.54, 1.807) is 47.4 Å².